The van der Waals surface area contributed by atoms with Crippen LogP contribution >= 0.6 is 11.6 Å². The van der Waals surface area contributed by atoms with E-state index in [0.29, 0.717) is 10.7 Å². The topological polar surface area (TPSA) is 124 Å². The maximum absolute atomic E-state index is 10.8. The van der Waals surface area contributed by atoms with Crippen LogP contribution in [0.15, 0.2) is 47.5 Å². The summed E-state index contributed by atoms with van der Waals surface area (Å²) < 4.78 is 0. The summed E-state index contributed by atoms with van der Waals surface area (Å²) in [4.78, 5) is 13.6. The summed E-state index contributed by atoms with van der Waals surface area (Å²) in [6.45, 7) is 0. The summed E-state index contributed by atoms with van der Waals surface area (Å²) >= 11 is 6.00. The second-order valence-electron chi connectivity index (χ2n) is 4.22. The lowest BCUT2D eigenvalue weighted by Crippen LogP contribution is -2.22. The minimum absolute atomic E-state index is 0.0211. The Balaban J connectivity index is 2.30. The first-order chi connectivity index (χ1) is 11.0. The number of nitrogens with one attached hydrogen (secondary N) is 2. The minimum atomic E-state index is -0.719. The third kappa shape index (κ3) is 3.87. The van der Waals surface area contributed by atoms with Crippen molar-refractivity contribution < 1.29 is 10.0 Å². The van der Waals surface area contributed by atoms with Crippen molar-refractivity contribution in [3.8, 4) is 11.9 Å². The molecule has 0 aliphatic carbocycles. The van der Waals surface area contributed by atoms with E-state index >= 15 is 0 Å². The number of aliphatic imine (C=N–C) groups is 1. The number of hydrogen-bond donors (Lipinski definition) is 3. The van der Waals surface area contributed by atoms with E-state index < -0.39 is 16.4 Å². The van der Waals surface area contributed by atoms with Crippen molar-refractivity contribution in [3.63, 3.8) is 0 Å². The molecule has 2 rings (SSSR count). The number of benzene rings is 2. The molecule has 2 aromatic carbocycles. The van der Waals surface area contributed by atoms with Gasteiger partial charge in [-0.1, -0.05) is 29.8 Å². The van der Waals surface area contributed by atoms with Gasteiger partial charge < -0.3 is 15.7 Å². The molecule has 0 aromatic heterocycles. The summed E-state index contributed by atoms with van der Waals surface area (Å²) in [5.74, 6) is -0.611. The van der Waals surface area contributed by atoms with Gasteiger partial charge in [-0.25, -0.2) is 0 Å². The number of phenols is 1. The van der Waals surface area contributed by atoms with Crippen LogP contribution < -0.4 is 10.6 Å². The first-order valence-electron chi connectivity index (χ1n) is 6.24. The fraction of sp³-hybridized carbons (Fsp3) is 0. The lowest BCUT2D eigenvalue weighted by molar-refractivity contribution is -0.385. The Hall–Kier alpha value is -3.31. The number of hydrogen-bond acceptors (Lipinski definition) is 5. The molecule has 0 bridgehead atoms. The van der Waals surface area contributed by atoms with Crippen molar-refractivity contribution in [2.45, 2.75) is 0 Å². The molecule has 8 nitrogen and oxygen atoms in total. The number of halogens is 1. The van der Waals surface area contributed by atoms with Crippen LogP contribution in [0.5, 0.6) is 5.75 Å². The van der Waals surface area contributed by atoms with E-state index in [4.69, 9.17) is 16.9 Å². The first kappa shape index (κ1) is 16.1. The lowest BCUT2D eigenvalue weighted by atomic mass is 10.2. The standard InChI is InChI=1S/C14H10ClN5O3/c15-9-4-1-2-5-10(9)18-14(17-8-16)19-11-6-3-7-12(13(11)21)20(22)23/h1-7,21H,(H2,17,18,19). The zero-order valence-corrected chi connectivity index (χ0v) is 12.3. The van der Waals surface area contributed by atoms with Crippen LogP contribution in [-0.4, -0.2) is 16.0 Å². The Bertz CT molecular complexity index is 816. The van der Waals surface area contributed by atoms with Crippen LogP contribution in [0.3, 0.4) is 0 Å². The maximum Gasteiger partial charge on any atom is 0.312 e. The van der Waals surface area contributed by atoms with Crippen molar-refractivity contribution in [1.82, 2.24) is 0 Å². The van der Waals surface area contributed by atoms with Crippen LogP contribution in [-0.2, 0) is 0 Å². The Morgan fingerprint density at radius 3 is 2.52 bits per heavy atom. The van der Waals surface area contributed by atoms with Crippen molar-refractivity contribution in [1.29, 1.82) is 5.26 Å². The highest BCUT2D eigenvalue weighted by atomic mass is 35.5. The molecule has 0 aliphatic rings. The average Bonchev–Trinajstić information content (AvgIpc) is 2.51. The van der Waals surface area contributed by atoms with Gasteiger partial charge in [0.15, 0.2) is 0 Å². The van der Waals surface area contributed by atoms with Crippen LogP contribution in [0, 0.1) is 21.6 Å². The first-order valence-corrected chi connectivity index (χ1v) is 6.62. The number of nitrogens with zero attached hydrogens (tertiary/aromatic N) is 3. The second kappa shape index (κ2) is 7.11. The Labute approximate surface area is 135 Å². The van der Waals surface area contributed by atoms with Crippen molar-refractivity contribution in [2.24, 2.45) is 4.99 Å². The molecular weight excluding hydrogens is 322 g/mol. The molecule has 3 N–H and O–H groups in total. The highest BCUT2D eigenvalue weighted by Crippen LogP contribution is 2.33. The highest BCUT2D eigenvalue weighted by Gasteiger charge is 2.17. The van der Waals surface area contributed by atoms with Crippen LogP contribution in [0.2, 0.25) is 5.02 Å². The second-order valence-corrected chi connectivity index (χ2v) is 4.63. The summed E-state index contributed by atoms with van der Waals surface area (Å²) in [5.41, 5.74) is 0.0254. The van der Waals surface area contributed by atoms with E-state index in [2.05, 4.69) is 15.6 Å². The number of guanidine groups is 1. The fourth-order valence-electron chi connectivity index (χ4n) is 1.73. The van der Waals surface area contributed by atoms with Gasteiger partial charge in [-0.15, -0.1) is 4.99 Å². The van der Waals surface area contributed by atoms with Gasteiger partial charge in [0.2, 0.25) is 17.9 Å². The molecule has 0 spiro atoms. The third-order valence-electron chi connectivity index (χ3n) is 2.75. The highest BCUT2D eigenvalue weighted by molar-refractivity contribution is 6.33. The molecule has 23 heavy (non-hydrogen) atoms. The molecule has 0 heterocycles. The monoisotopic (exact) mass is 331 g/mol. The molecule has 0 aliphatic heterocycles. The van der Waals surface area contributed by atoms with E-state index in [0.717, 1.165) is 6.07 Å². The van der Waals surface area contributed by atoms with E-state index in [-0.39, 0.29) is 11.6 Å². The molecule has 0 fully saturated rings. The SMILES string of the molecule is N#C/N=C(/Nc1ccccc1Cl)Nc1cccc([N+](=O)[O-])c1O. The van der Waals surface area contributed by atoms with Crippen LogP contribution in [0.4, 0.5) is 17.1 Å². The molecule has 0 saturated carbocycles. The number of rotatable bonds is 3. The number of phenolic OH excluding ortho intramolecular Hbond substituents is 1. The van der Waals surface area contributed by atoms with Gasteiger partial charge in [0, 0.05) is 6.07 Å². The van der Waals surface area contributed by atoms with Crippen LogP contribution in [0.25, 0.3) is 0 Å². The molecule has 0 saturated heterocycles. The van der Waals surface area contributed by atoms with Gasteiger partial charge in [0.25, 0.3) is 0 Å². The number of para-hydroxylation sites is 2. The quantitative estimate of drug-likeness (QED) is 0.198. The summed E-state index contributed by atoms with van der Waals surface area (Å²) in [7, 11) is 0. The van der Waals surface area contributed by atoms with Crippen molar-refractivity contribution >= 4 is 34.6 Å². The fourth-order valence-corrected chi connectivity index (χ4v) is 1.92. The van der Waals surface area contributed by atoms with Gasteiger partial charge in [-0.05, 0) is 18.2 Å². The van der Waals surface area contributed by atoms with E-state index in [1.807, 2.05) is 0 Å². The van der Waals surface area contributed by atoms with Crippen molar-refractivity contribution in [3.05, 3.63) is 57.6 Å². The smallest absolute Gasteiger partial charge is 0.312 e. The zero-order chi connectivity index (χ0) is 16.8. The predicted octanol–water partition coefficient (Wildman–Crippen LogP) is 3.31. The number of nitro groups is 1. The van der Waals surface area contributed by atoms with E-state index in [9.17, 15) is 15.2 Å². The molecule has 0 atom stereocenters. The van der Waals surface area contributed by atoms with E-state index in [1.54, 1.807) is 30.5 Å². The number of aromatic hydroxyl groups is 1. The van der Waals surface area contributed by atoms with Gasteiger partial charge in [-0.3, -0.25) is 10.1 Å². The van der Waals surface area contributed by atoms with E-state index in [1.165, 1.54) is 12.1 Å². The normalized spacial score (nSPS) is 10.7. The Morgan fingerprint density at radius 1 is 1.22 bits per heavy atom. The molecule has 0 amide bonds. The maximum atomic E-state index is 10.8. The molecule has 0 radical (unpaired) electrons. The molecular formula is C14H10ClN5O3. The molecule has 116 valence electrons. The Morgan fingerprint density at radius 2 is 1.87 bits per heavy atom. The van der Waals surface area contributed by atoms with Crippen molar-refractivity contribution in [2.75, 3.05) is 10.6 Å². The predicted molar refractivity (Wildman–Crippen MR) is 86.5 cm³/mol. The summed E-state index contributed by atoms with van der Waals surface area (Å²) in [6.07, 6.45) is 1.59. The van der Waals surface area contributed by atoms with Gasteiger partial charge in [-0.2, -0.15) is 5.26 Å². The largest absolute Gasteiger partial charge is 0.501 e. The van der Waals surface area contributed by atoms with Gasteiger partial charge in [0.05, 0.1) is 21.3 Å². The average molecular weight is 332 g/mol. The van der Waals surface area contributed by atoms with Gasteiger partial charge >= 0.3 is 5.69 Å². The number of nitriles is 1. The number of nitro benzene ring substituents is 1. The molecule has 0 unspecified atom stereocenters. The third-order valence-corrected chi connectivity index (χ3v) is 3.08. The summed E-state index contributed by atoms with van der Waals surface area (Å²) in [5, 5.41) is 35.3. The number of anilines is 2. The minimum Gasteiger partial charge on any atom is -0.501 e. The molecule has 2 aromatic rings. The lowest BCUT2D eigenvalue weighted by Gasteiger charge is -2.13. The Kier molecular flexibility index (Phi) is 4.96. The van der Waals surface area contributed by atoms with Crippen LogP contribution in [0.1, 0.15) is 0 Å². The zero-order valence-electron chi connectivity index (χ0n) is 11.5. The molecule has 9 heteroatoms. The summed E-state index contributed by atoms with van der Waals surface area (Å²) in [6, 6.07) is 10.7. The van der Waals surface area contributed by atoms with Gasteiger partial charge in [0.1, 0.15) is 0 Å².